The van der Waals surface area contributed by atoms with Crippen molar-refractivity contribution in [1.29, 1.82) is 5.26 Å². The molecule has 1 aromatic heterocycles. The molecule has 138 valence electrons. The van der Waals surface area contributed by atoms with Gasteiger partial charge in [0.05, 0.1) is 22.0 Å². The Morgan fingerprint density at radius 3 is 2.33 bits per heavy atom. The Balaban J connectivity index is 2.21. The number of hydrogen-bond acceptors (Lipinski definition) is 5. The molecule has 1 heterocycles. The van der Waals surface area contributed by atoms with Crippen LogP contribution < -0.4 is 4.90 Å². The molecule has 0 aliphatic carbocycles. The van der Waals surface area contributed by atoms with Crippen LogP contribution in [0.3, 0.4) is 0 Å². The third-order valence-corrected chi connectivity index (χ3v) is 5.18. The van der Waals surface area contributed by atoms with Gasteiger partial charge in [0.1, 0.15) is 11.9 Å². The van der Waals surface area contributed by atoms with Crippen molar-refractivity contribution in [3.63, 3.8) is 0 Å². The lowest BCUT2D eigenvalue weighted by molar-refractivity contribution is 0.602. The van der Waals surface area contributed by atoms with Crippen LogP contribution in [-0.2, 0) is 9.84 Å². The maximum atomic E-state index is 13.7. The van der Waals surface area contributed by atoms with E-state index >= 15 is 0 Å². The van der Waals surface area contributed by atoms with Gasteiger partial charge in [0, 0.05) is 32.0 Å². The van der Waals surface area contributed by atoms with Crippen molar-refractivity contribution < 1.29 is 12.8 Å². The predicted octanol–water partition coefficient (Wildman–Crippen LogP) is 3.02. The molecule has 0 aliphatic rings. The van der Waals surface area contributed by atoms with Gasteiger partial charge >= 0.3 is 0 Å². The Hall–Kier alpha value is -3.18. The van der Waals surface area contributed by atoms with Crippen molar-refractivity contribution in [2.24, 2.45) is 0 Å². The minimum Gasteiger partial charge on any atom is -0.376 e. The topological polar surface area (TPSA) is 79.0 Å². The van der Waals surface area contributed by atoms with E-state index in [2.05, 4.69) is 5.10 Å². The van der Waals surface area contributed by atoms with E-state index in [1.165, 1.54) is 24.3 Å². The second-order valence-corrected chi connectivity index (χ2v) is 8.28. The highest BCUT2D eigenvalue weighted by atomic mass is 32.2. The molecular formula is C19H17FN4O2S. The molecule has 27 heavy (non-hydrogen) atoms. The molecule has 6 nitrogen and oxygen atoms in total. The van der Waals surface area contributed by atoms with Gasteiger partial charge in [0.25, 0.3) is 0 Å². The number of hydrogen-bond donors (Lipinski definition) is 0. The summed E-state index contributed by atoms with van der Waals surface area (Å²) in [6.45, 7) is 0. The van der Waals surface area contributed by atoms with Crippen LogP contribution in [0.4, 0.5) is 10.1 Å². The van der Waals surface area contributed by atoms with Crippen molar-refractivity contribution in [2.45, 2.75) is 4.90 Å². The number of anilines is 1. The number of benzene rings is 2. The monoisotopic (exact) mass is 384 g/mol. The van der Waals surface area contributed by atoms with Gasteiger partial charge in [0.15, 0.2) is 15.5 Å². The number of nitrogens with zero attached hydrogens (tertiary/aromatic N) is 4. The van der Waals surface area contributed by atoms with Crippen LogP contribution in [0, 0.1) is 17.1 Å². The molecule has 0 amide bonds. The van der Waals surface area contributed by atoms with Gasteiger partial charge < -0.3 is 4.90 Å². The molecule has 0 spiro atoms. The maximum absolute atomic E-state index is 13.7. The zero-order valence-electron chi connectivity index (χ0n) is 15.0. The Morgan fingerprint density at radius 2 is 1.78 bits per heavy atom. The summed E-state index contributed by atoms with van der Waals surface area (Å²) in [4.78, 5) is 1.96. The van der Waals surface area contributed by atoms with Crippen LogP contribution >= 0.6 is 0 Å². The van der Waals surface area contributed by atoms with Crippen LogP contribution in [0.1, 0.15) is 5.69 Å². The van der Waals surface area contributed by atoms with Crippen LogP contribution in [-0.4, -0.2) is 38.5 Å². The summed E-state index contributed by atoms with van der Waals surface area (Å²) in [5.74, 6) is -0.380. The molecule has 0 saturated heterocycles. The Bertz CT molecular complexity index is 1140. The van der Waals surface area contributed by atoms with E-state index in [-0.39, 0.29) is 16.4 Å². The summed E-state index contributed by atoms with van der Waals surface area (Å²) in [5.41, 5.74) is 2.68. The lowest BCUT2D eigenvalue weighted by Gasteiger charge is -2.19. The molecule has 3 rings (SSSR count). The largest absolute Gasteiger partial charge is 0.376 e. The standard InChI is InChI=1S/C19H17FN4O2S/c1-23(2)19-10-14(20)6-9-17(19)24-18(11-15(12-21)22-24)13-4-7-16(8-5-13)27(3,25)26/h4-11H,1-3H3. The van der Waals surface area contributed by atoms with Gasteiger partial charge in [-0.15, -0.1) is 0 Å². The van der Waals surface area contributed by atoms with Crippen molar-refractivity contribution in [3.05, 3.63) is 60.0 Å². The minimum absolute atomic E-state index is 0.200. The highest BCUT2D eigenvalue weighted by Crippen LogP contribution is 2.30. The molecule has 0 unspecified atom stereocenters. The second-order valence-electron chi connectivity index (χ2n) is 6.26. The molecule has 0 aliphatic heterocycles. The minimum atomic E-state index is -3.31. The normalized spacial score (nSPS) is 11.2. The Labute approximate surface area is 157 Å². The van der Waals surface area contributed by atoms with E-state index in [1.807, 2.05) is 6.07 Å². The van der Waals surface area contributed by atoms with E-state index in [4.69, 9.17) is 0 Å². The van der Waals surface area contributed by atoms with Crippen LogP contribution in [0.5, 0.6) is 0 Å². The van der Waals surface area contributed by atoms with Crippen LogP contribution in [0.25, 0.3) is 16.9 Å². The summed E-state index contributed by atoms with van der Waals surface area (Å²) in [6.07, 6.45) is 1.14. The van der Waals surface area contributed by atoms with Gasteiger partial charge in [-0.2, -0.15) is 10.4 Å². The fourth-order valence-electron chi connectivity index (χ4n) is 2.73. The first-order chi connectivity index (χ1) is 12.7. The molecule has 0 fully saturated rings. The zero-order valence-corrected chi connectivity index (χ0v) is 15.8. The number of halogens is 1. The first kappa shape index (κ1) is 18.6. The quantitative estimate of drug-likeness (QED) is 0.691. The fraction of sp³-hybridized carbons (Fsp3) is 0.158. The molecule has 0 atom stereocenters. The van der Waals surface area contributed by atoms with Crippen molar-refractivity contribution in [3.8, 4) is 23.0 Å². The molecular weight excluding hydrogens is 367 g/mol. The highest BCUT2D eigenvalue weighted by Gasteiger charge is 2.17. The number of rotatable bonds is 4. The smallest absolute Gasteiger partial charge is 0.175 e. The average Bonchev–Trinajstić information content (AvgIpc) is 3.05. The number of sulfone groups is 1. The van der Waals surface area contributed by atoms with Crippen molar-refractivity contribution in [1.82, 2.24) is 9.78 Å². The van der Waals surface area contributed by atoms with E-state index in [0.29, 0.717) is 22.6 Å². The lowest BCUT2D eigenvalue weighted by atomic mass is 10.1. The highest BCUT2D eigenvalue weighted by molar-refractivity contribution is 7.90. The van der Waals surface area contributed by atoms with Gasteiger partial charge in [-0.25, -0.2) is 17.5 Å². The van der Waals surface area contributed by atoms with Gasteiger partial charge in [-0.1, -0.05) is 12.1 Å². The summed E-state index contributed by atoms with van der Waals surface area (Å²) in [6, 6.07) is 14.2. The molecule has 2 aromatic carbocycles. The second kappa shape index (κ2) is 6.85. The Kier molecular flexibility index (Phi) is 4.72. The van der Waals surface area contributed by atoms with Gasteiger partial charge in [0.2, 0.25) is 0 Å². The first-order valence-corrected chi connectivity index (χ1v) is 9.88. The molecule has 0 radical (unpaired) electrons. The van der Waals surface area contributed by atoms with E-state index in [0.717, 1.165) is 6.26 Å². The third-order valence-electron chi connectivity index (χ3n) is 4.05. The molecule has 3 aromatic rings. The predicted molar refractivity (Wildman–Crippen MR) is 101 cm³/mol. The SMILES string of the molecule is CN(C)c1cc(F)ccc1-n1nc(C#N)cc1-c1ccc(S(C)(=O)=O)cc1. The maximum Gasteiger partial charge on any atom is 0.175 e. The Morgan fingerprint density at radius 1 is 1.11 bits per heavy atom. The van der Waals surface area contributed by atoms with Crippen molar-refractivity contribution >= 4 is 15.5 Å². The molecule has 0 saturated carbocycles. The molecule has 0 bridgehead atoms. The van der Waals surface area contributed by atoms with E-state index in [1.54, 1.807) is 47.9 Å². The fourth-order valence-corrected chi connectivity index (χ4v) is 3.36. The summed E-state index contributed by atoms with van der Waals surface area (Å²) >= 11 is 0. The van der Waals surface area contributed by atoms with Gasteiger partial charge in [-0.05, 0) is 30.3 Å². The number of aromatic nitrogens is 2. The summed E-state index contributed by atoms with van der Waals surface area (Å²) in [5, 5.41) is 13.6. The van der Waals surface area contributed by atoms with E-state index in [9.17, 15) is 18.1 Å². The summed E-state index contributed by atoms with van der Waals surface area (Å²) in [7, 11) is 0.261. The van der Waals surface area contributed by atoms with E-state index < -0.39 is 9.84 Å². The summed E-state index contributed by atoms with van der Waals surface area (Å²) < 4.78 is 38.6. The third kappa shape index (κ3) is 3.68. The lowest BCUT2D eigenvalue weighted by Crippen LogP contribution is -2.13. The first-order valence-electron chi connectivity index (χ1n) is 7.98. The van der Waals surface area contributed by atoms with Crippen molar-refractivity contribution in [2.75, 3.05) is 25.3 Å². The molecule has 0 N–H and O–H groups in total. The van der Waals surface area contributed by atoms with Crippen LogP contribution in [0.2, 0.25) is 0 Å². The average molecular weight is 384 g/mol. The zero-order chi connectivity index (χ0) is 19.8. The van der Waals surface area contributed by atoms with Gasteiger partial charge in [-0.3, -0.25) is 0 Å². The van der Waals surface area contributed by atoms with Crippen LogP contribution in [0.15, 0.2) is 53.4 Å². The number of nitriles is 1. The molecule has 8 heteroatoms.